The van der Waals surface area contributed by atoms with Gasteiger partial charge in [-0.1, -0.05) is 27.3 Å². The highest BCUT2D eigenvalue weighted by molar-refractivity contribution is 9.09. The van der Waals surface area contributed by atoms with Gasteiger partial charge >= 0.3 is 0 Å². The van der Waals surface area contributed by atoms with E-state index in [2.05, 4.69) is 32.4 Å². The lowest BCUT2D eigenvalue weighted by Gasteiger charge is -2.32. The number of rotatable bonds is 2. The van der Waals surface area contributed by atoms with Crippen molar-refractivity contribution in [3.63, 3.8) is 0 Å². The highest BCUT2D eigenvalue weighted by atomic mass is 79.9. The first kappa shape index (κ1) is 12.0. The summed E-state index contributed by atoms with van der Waals surface area (Å²) in [6, 6.07) is 0. The van der Waals surface area contributed by atoms with Crippen LogP contribution in [0.3, 0.4) is 0 Å². The van der Waals surface area contributed by atoms with Gasteiger partial charge in [0.1, 0.15) is 0 Å². The van der Waals surface area contributed by atoms with Gasteiger partial charge in [0, 0.05) is 23.3 Å². The van der Waals surface area contributed by atoms with E-state index in [1.165, 1.54) is 11.5 Å². The molecular formula is C10H14BrN3OS. The van der Waals surface area contributed by atoms with Gasteiger partial charge in [0.05, 0.1) is 0 Å². The van der Waals surface area contributed by atoms with E-state index in [-0.39, 0.29) is 5.91 Å². The lowest BCUT2D eigenvalue weighted by atomic mass is 9.94. The van der Waals surface area contributed by atoms with Crippen LogP contribution >= 0.6 is 27.5 Å². The predicted octanol–water partition coefficient (Wildman–Crippen LogP) is 2.17. The van der Waals surface area contributed by atoms with Crippen LogP contribution < -0.4 is 0 Å². The molecule has 6 heteroatoms. The lowest BCUT2D eigenvalue weighted by Crippen LogP contribution is -2.40. The minimum Gasteiger partial charge on any atom is -0.337 e. The van der Waals surface area contributed by atoms with E-state index in [1.807, 2.05) is 4.90 Å². The number of amides is 1. The van der Waals surface area contributed by atoms with Crippen molar-refractivity contribution in [3.05, 3.63) is 11.1 Å². The maximum absolute atomic E-state index is 12.0. The Hall–Kier alpha value is -0.490. The largest absolute Gasteiger partial charge is 0.337 e. The van der Waals surface area contributed by atoms with Crippen LogP contribution in [-0.2, 0) is 0 Å². The second-order valence-electron chi connectivity index (χ2n) is 4.10. The molecule has 16 heavy (non-hydrogen) atoms. The molecule has 0 spiro atoms. The second-order valence-corrected chi connectivity index (χ2v) is 6.15. The third kappa shape index (κ3) is 2.60. The minimum absolute atomic E-state index is 0.0226. The molecule has 1 fully saturated rings. The molecule has 1 unspecified atom stereocenters. The van der Waals surface area contributed by atoms with Crippen LogP contribution in [0.5, 0.6) is 0 Å². The summed E-state index contributed by atoms with van der Waals surface area (Å²) in [6.07, 6.45) is 2.13. The predicted molar refractivity (Wildman–Crippen MR) is 66.9 cm³/mol. The fraction of sp³-hybridized carbons (Fsp3) is 0.700. The molecule has 4 nitrogen and oxygen atoms in total. The molecule has 0 aromatic carbocycles. The molecule has 1 aliphatic heterocycles. The lowest BCUT2D eigenvalue weighted by molar-refractivity contribution is 0.0685. The number of carbonyl (C=O) groups is 1. The number of piperidine rings is 1. The van der Waals surface area contributed by atoms with Crippen molar-refractivity contribution in [2.75, 3.05) is 13.1 Å². The average Bonchev–Trinajstić information content (AvgIpc) is 2.81. The van der Waals surface area contributed by atoms with E-state index in [4.69, 9.17) is 0 Å². The summed E-state index contributed by atoms with van der Waals surface area (Å²) in [7, 11) is 0. The van der Waals surface area contributed by atoms with Crippen molar-refractivity contribution >= 4 is 33.4 Å². The SMILES string of the molecule is CC(Br)C1CCN(C(=O)c2csnn2)CC1. The molecule has 88 valence electrons. The molecule has 2 rings (SSSR count). The Labute approximate surface area is 107 Å². The van der Waals surface area contributed by atoms with E-state index in [0.29, 0.717) is 16.4 Å². The van der Waals surface area contributed by atoms with Crippen LogP contribution in [0, 0.1) is 5.92 Å². The van der Waals surface area contributed by atoms with Gasteiger partial charge in [0.15, 0.2) is 5.69 Å². The van der Waals surface area contributed by atoms with Gasteiger partial charge in [-0.2, -0.15) is 0 Å². The zero-order valence-corrected chi connectivity index (χ0v) is 11.5. The molecule has 1 aliphatic rings. The van der Waals surface area contributed by atoms with Crippen molar-refractivity contribution in [1.29, 1.82) is 0 Å². The maximum atomic E-state index is 12.0. The zero-order chi connectivity index (χ0) is 11.5. The number of nitrogens with zero attached hydrogens (tertiary/aromatic N) is 3. The van der Waals surface area contributed by atoms with Gasteiger partial charge in [0.2, 0.25) is 0 Å². The number of halogens is 1. The summed E-state index contributed by atoms with van der Waals surface area (Å²) in [5.74, 6) is 0.701. The van der Waals surface area contributed by atoms with Crippen LogP contribution in [-0.4, -0.2) is 38.3 Å². The first-order valence-corrected chi connectivity index (χ1v) is 7.14. The smallest absolute Gasteiger partial charge is 0.275 e. The summed E-state index contributed by atoms with van der Waals surface area (Å²) in [5.41, 5.74) is 0.482. The van der Waals surface area contributed by atoms with Crippen LogP contribution in [0.15, 0.2) is 5.38 Å². The number of alkyl halides is 1. The molecule has 1 aromatic heterocycles. The number of hydrogen-bond acceptors (Lipinski definition) is 4. The summed E-state index contributed by atoms with van der Waals surface area (Å²) in [4.78, 5) is 14.4. The molecule has 1 aromatic rings. The van der Waals surface area contributed by atoms with Crippen LogP contribution in [0.4, 0.5) is 0 Å². The third-order valence-electron chi connectivity index (χ3n) is 3.06. The van der Waals surface area contributed by atoms with Crippen molar-refractivity contribution in [2.24, 2.45) is 5.92 Å². The van der Waals surface area contributed by atoms with Gasteiger partial charge < -0.3 is 4.90 Å². The van der Waals surface area contributed by atoms with E-state index in [9.17, 15) is 4.79 Å². The summed E-state index contributed by atoms with van der Waals surface area (Å²) >= 11 is 4.83. The molecule has 1 amide bonds. The summed E-state index contributed by atoms with van der Waals surface area (Å²) < 4.78 is 3.72. The van der Waals surface area contributed by atoms with Crippen LogP contribution in [0.25, 0.3) is 0 Å². The Kier molecular flexibility index (Phi) is 3.91. The molecule has 0 saturated carbocycles. The number of aromatic nitrogens is 2. The second kappa shape index (κ2) is 5.23. The van der Waals surface area contributed by atoms with Crippen molar-refractivity contribution in [2.45, 2.75) is 24.6 Å². The van der Waals surface area contributed by atoms with Gasteiger partial charge in [-0.3, -0.25) is 4.79 Å². The van der Waals surface area contributed by atoms with Crippen molar-refractivity contribution in [3.8, 4) is 0 Å². The fourth-order valence-corrected chi connectivity index (χ4v) is 2.94. The molecule has 0 bridgehead atoms. The van der Waals surface area contributed by atoms with E-state index in [0.717, 1.165) is 25.9 Å². The number of likely N-dealkylation sites (tertiary alicyclic amines) is 1. The fourth-order valence-electron chi connectivity index (χ4n) is 1.98. The molecule has 0 aliphatic carbocycles. The normalized spacial score (nSPS) is 19.8. The highest BCUT2D eigenvalue weighted by Crippen LogP contribution is 2.25. The summed E-state index contributed by atoms with van der Waals surface area (Å²) in [6.45, 7) is 3.83. The van der Waals surface area contributed by atoms with Crippen molar-refractivity contribution < 1.29 is 4.79 Å². The zero-order valence-electron chi connectivity index (χ0n) is 9.10. The molecular weight excluding hydrogens is 290 g/mol. The molecule has 0 N–H and O–H groups in total. The molecule has 0 radical (unpaired) electrons. The quantitative estimate of drug-likeness (QED) is 0.787. The molecule has 1 atom stereocenters. The van der Waals surface area contributed by atoms with Crippen LogP contribution in [0.2, 0.25) is 0 Å². The Morgan fingerprint density at radius 1 is 1.62 bits per heavy atom. The average molecular weight is 304 g/mol. The van der Waals surface area contributed by atoms with Crippen LogP contribution in [0.1, 0.15) is 30.3 Å². The maximum Gasteiger partial charge on any atom is 0.275 e. The topological polar surface area (TPSA) is 46.1 Å². The van der Waals surface area contributed by atoms with Gasteiger partial charge in [0.25, 0.3) is 5.91 Å². The Morgan fingerprint density at radius 3 is 2.81 bits per heavy atom. The minimum atomic E-state index is 0.0226. The number of carbonyl (C=O) groups excluding carboxylic acids is 1. The Morgan fingerprint density at radius 2 is 2.31 bits per heavy atom. The first-order valence-electron chi connectivity index (χ1n) is 5.39. The third-order valence-corrected chi connectivity index (χ3v) is 4.31. The van der Waals surface area contributed by atoms with Gasteiger partial charge in [-0.05, 0) is 30.3 Å². The van der Waals surface area contributed by atoms with Crippen molar-refractivity contribution in [1.82, 2.24) is 14.5 Å². The monoisotopic (exact) mass is 303 g/mol. The van der Waals surface area contributed by atoms with E-state index < -0.39 is 0 Å². The highest BCUT2D eigenvalue weighted by Gasteiger charge is 2.26. The number of hydrogen-bond donors (Lipinski definition) is 0. The van der Waals surface area contributed by atoms with E-state index in [1.54, 1.807) is 5.38 Å². The summed E-state index contributed by atoms with van der Waals surface area (Å²) in [5, 5.41) is 5.52. The first-order chi connectivity index (χ1) is 7.68. The Balaban J connectivity index is 1.92. The molecule has 2 heterocycles. The standard InChI is InChI=1S/C10H14BrN3OS/c1-7(11)8-2-4-14(5-3-8)10(15)9-6-16-13-12-9/h6-8H,2-5H2,1H3. The van der Waals surface area contributed by atoms with E-state index >= 15 is 0 Å². The van der Waals surface area contributed by atoms with Gasteiger partial charge in [-0.15, -0.1) is 5.10 Å². The van der Waals surface area contributed by atoms with Gasteiger partial charge in [-0.25, -0.2) is 0 Å². The molecule has 1 saturated heterocycles. The Bertz CT molecular complexity index is 347.